The zero-order valence-electron chi connectivity index (χ0n) is 25.3. The van der Waals surface area contributed by atoms with Crippen LogP contribution in [0, 0.1) is 56.7 Å². The number of ketones is 1. The molecule has 10 atom stereocenters. The first-order chi connectivity index (χ1) is 17.6. The van der Waals surface area contributed by atoms with E-state index in [1.54, 1.807) is 13.8 Å². The fourth-order valence-electron chi connectivity index (χ4n) is 12.1. The summed E-state index contributed by atoms with van der Waals surface area (Å²) in [6.07, 6.45) is 11.0. The van der Waals surface area contributed by atoms with Crippen LogP contribution in [-0.2, 0) is 23.9 Å². The Kier molecular flexibility index (Phi) is 6.71. The molecule has 5 aliphatic rings. The van der Waals surface area contributed by atoms with Gasteiger partial charge in [0.15, 0.2) is 0 Å². The van der Waals surface area contributed by atoms with Gasteiger partial charge in [0, 0.05) is 30.6 Å². The maximum atomic E-state index is 13.0. The molecule has 0 aliphatic heterocycles. The molecule has 5 rings (SSSR count). The molecule has 0 aromatic rings. The van der Waals surface area contributed by atoms with Gasteiger partial charge in [-0.1, -0.05) is 34.6 Å². The second kappa shape index (κ2) is 9.06. The van der Waals surface area contributed by atoms with Gasteiger partial charge in [-0.15, -0.1) is 0 Å². The van der Waals surface area contributed by atoms with Crippen molar-refractivity contribution < 1.29 is 23.9 Å². The number of fused-ring (bicyclic) bond motifs is 7. The molecule has 5 fully saturated rings. The second-order valence-corrected chi connectivity index (χ2v) is 15.6. The average molecular weight is 529 g/mol. The Labute approximate surface area is 230 Å². The molecule has 5 aliphatic carbocycles. The Bertz CT molecular complexity index is 1000. The summed E-state index contributed by atoms with van der Waals surface area (Å²) in [5, 5.41) is 0. The van der Waals surface area contributed by atoms with Gasteiger partial charge in [0.05, 0.1) is 6.61 Å². The van der Waals surface area contributed by atoms with Crippen LogP contribution in [0.4, 0.5) is 0 Å². The molecule has 5 saturated carbocycles. The molecule has 214 valence electrons. The summed E-state index contributed by atoms with van der Waals surface area (Å²) in [5.41, 5.74) is 0.532. The summed E-state index contributed by atoms with van der Waals surface area (Å²) in [7, 11) is 0. The Balaban J connectivity index is 1.49. The standard InChI is InChI=1S/C33H52O5/c1-20(34)23-11-16-33(19-37-21(2)35)18-17-31(7)24(28(23)33)9-10-26-30(6)14-13-27(38-22(3)36)29(4,5)25(30)12-15-32(26,31)8/h23-28H,9-19H2,1-8H3/t23?,24-,25?,26?,27+,28?,30+,31-,32-,33-/m1/s1. The van der Waals surface area contributed by atoms with Crippen molar-refractivity contribution in [2.24, 2.45) is 56.7 Å². The van der Waals surface area contributed by atoms with Crippen LogP contribution in [0.2, 0.25) is 0 Å². The van der Waals surface area contributed by atoms with Crippen molar-refractivity contribution in [3.8, 4) is 0 Å². The van der Waals surface area contributed by atoms with E-state index in [4.69, 9.17) is 9.47 Å². The lowest BCUT2D eigenvalue weighted by Crippen LogP contribution is -2.67. The zero-order chi connectivity index (χ0) is 27.9. The zero-order valence-corrected chi connectivity index (χ0v) is 25.3. The van der Waals surface area contributed by atoms with Crippen molar-refractivity contribution in [2.75, 3.05) is 6.61 Å². The molecule has 5 nitrogen and oxygen atoms in total. The van der Waals surface area contributed by atoms with Gasteiger partial charge in [-0.3, -0.25) is 14.4 Å². The monoisotopic (exact) mass is 528 g/mol. The molecule has 0 aromatic carbocycles. The summed E-state index contributed by atoms with van der Waals surface area (Å²) in [5.74, 6) is 2.05. The number of hydrogen-bond acceptors (Lipinski definition) is 5. The van der Waals surface area contributed by atoms with Crippen molar-refractivity contribution in [2.45, 2.75) is 126 Å². The Morgan fingerprint density at radius 1 is 0.711 bits per heavy atom. The molecule has 38 heavy (non-hydrogen) atoms. The SMILES string of the molecule is CC(=O)OC[C@]12CCC(C(C)=O)C1[C@H]1CCC3[C@@]4(C)CC[C@H](OC(C)=O)C(C)(C)C4CC[C@@]3(C)[C@]1(C)CC2. The molecule has 0 amide bonds. The lowest BCUT2D eigenvalue weighted by Gasteiger charge is -2.73. The third-order valence-electron chi connectivity index (χ3n) is 13.9. The normalized spacial score (nSPS) is 49.1. The van der Waals surface area contributed by atoms with Gasteiger partial charge < -0.3 is 9.47 Å². The fourth-order valence-corrected chi connectivity index (χ4v) is 12.1. The van der Waals surface area contributed by atoms with Gasteiger partial charge in [-0.05, 0) is 111 Å². The number of esters is 2. The number of carbonyl (C=O) groups excluding carboxylic acids is 3. The predicted molar refractivity (Wildman–Crippen MR) is 147 cm³/mol. The molecule has 0 N–H and O–H groups in total. The summed E-state index contributed by atoms with van der Waals surface area (Å²) >= 11 is 0. The van der Waals surface area contributed by atoms with Crippen molar-refractivity contribution >= 4 is 17.7 Å². The lowest BCUT2D eigenvalue weighted by molar-refractivity contribution is -0.252. The summed E-state index contributed by atoms with van der Waals surface area (Å²) in [4.78, 5) is 36.8. The lowest BCUT2D eigenvalue weighted by atomic mass is 9.32. The highest BCUT2D eigenvalue weighted by Gasteiger charge is 2.71. The molecular formula is C33H52O5. The van der Waals surface area contributed by atoms with E-state index in [0.29, 0.717) is 36.1 Å². The summed E-state index contributed by atoms with van der Waals surface area (Å²) < 4.78 is 11.6. The highest BCUT2D eigenvalue weighted by molar-refractivity contribution is 5.79. The summed E-state index contributed by atoms with van der Waals surface area (Å²) in [6, 6.07) is 0. The molecule has 4 unspecified atom stereocenters. The van der Waals surface area contributed by atoms with E-state index in [-0.39, 0.29) is 51.0 Å². The number of rotatable bonds is 4. The van der Waals surface area contributed by atoms with Gasteiger partial charge in [-0.2, -0.15) is 0 Å². The van der Waals surface area contributed by atoms with E-state index < -0.39 is 0 Å². The van der Waals surface area contributed by atoms with Crippen molar-refractivity contribution in [3.63, 3.8) is 0 Å². The molecule has 5 heteroatoms. The Morgan fingerprint density at radius 2 is 1.42 bits per heavy atom. The Morgan fingerprint density at radius 3 is 2.05 bits per heavy atom. The van der Waals surface area contributed by atoms with E-state index in [9.17, 15) is 14.4 Å². The average Bonchev–Trinajstić information content (AvgIpc) is 3.20. The van der Waals surface area contributed by atoms with Crippen molar-refractivity contribution in [1.82, 2.24) is 0 Å². The van der Waals surface area contributed by atoms with Crippen LogP contribution < -0.4 is 0 Å². The minimum atomic E-state index is -0.202. The third kappa shape index (κ3) is 3.79. The molecular weight excluding hydrogens is 476 g/mol. The van der Waals surface area contributed by atoms with E-state index in [1.807, 2.05) is 0 Å². The van der Waals surface area contributed by atoms with Gasteiger partial charge in [0.2, 0.25) is 0 Å². The highest BCUT2D eigenvalue weighted by atomic mass is 16.5. The van der Waals surface area contributed by atoms with E-state index >= 15 is 0 Å². The van der Waals surface area contributed by atoms with Crippen LogP contribution >= 0.6 is 0 Å². The third-order valence-corrected chi connectivity index (χ3v) is 13.9. The van der Waals surface area contributed by atoms with Gasteiger partial charge in [0.1, 0.15) is 11.9 Å². The molecule has 0 saturated heterocycles. The van der Waals surface area contributed by atoms with Gasteiger partial charge in [0.25, 0.3) is 0 Å². The van der Waals surface area contributed by atoms with E-state index in [0.717, 1.165) is 38.5 Å². The maximum Gasteiger partial charge on any atom is 0.302 e. The van der Waals surface area contributed by atoms with E-state index in [2.05, 4.69) is 34.6 Å². The summed E-state index contributed by atoms with van der Waals surface area (Å²) in [6.45, 7) is 17.8. The van der Waals surface area contributed by atoms with Crippen LogP contribution in [0.3, 0.4) is 0 Å². The number of Topliss-reactive ketones (excluding diaryl/α,β-unsaturated/α-hetero) is 1. The second-order valence-electron chi connectivity index (χ2n) is 15.6. The predicted octanol–water partition coefficient (Wildman–Crippen LogP) is 7.15. The van der Waals surface area contributed by atoms with Gasteiger partial charge in [-0.25, -0.2) is 0 Å². The first kappa shape index (κ1) is 28.1. The highest BCUT2D eigenvalue weighted by Crippen LogP contribution is 2.77. The van der Waals surface area contributed by atoms with Crippen LogP contribution in [0.1, 0.15) is 120 Å². The van der Waals surface area contributed by atoms with Crippen LogP contribution in [0.5, 0.6) is 0 Å². The minimum Gasteiger partial charge on any atom is -0.465 e. The quantitative estimate of drug-likeness (QED) is 0.362. The van der Waals surface area contributed by atoms with Crippen molar-refractivity contribution in [3.05, 3.63) is 0 Å². The minimum absolute atomic E-state index is 0.000688. The van der Waals surface area contributed by atoms with E-state index in [1.165, 1.54) is 32.6 Å². The topological polar surface area (TPSA) is 69.7 Å². The first-order valence-corrected chi connectivity index (χ1v) is 15.4. The molecule has 0 bridgehead atoms. The maximum absolute atomic E-state index is 13.0. The molecule has 0 aromatic heterocycles. The molecule has 0 radical (unpaired) electrons. The number of carbonyl (C=O) groups is 3. The van der Waals surface area contributed by atoms with Crippen LogP contribution in [0.15, 0.2) is 0 Å². The number of ether oxygens (including phenoxy) is 2. The van der Waals surface area contributed by atoms with Crippen LogP contribution in [-0.4, -0.2) is 30.4 Å². The van der Waals surface area contributed by atoms with Crippen LogP contribution in [0.25, 0.3) is 0 Å². The van der Waals surface area contributed by atoms with Crippen molar-refractivity contribution in [1.29, 1.82) is 0 Å². The number of hydrogen-bond donors (Lipinski definition) is 0. The molecule has 0 spiro atoms. The first-order valence-electron chi connectivity index (χ1n) is 15.4. The molecule has 0 heterocycles. The van der Waals surface area contributed by atoms with Gasteiger partial charge >= 0.3 is 11.9 Å². The smallest absolute Gasteiger partial charge is 0.302 e. The Hall–Kier alpha value is -1.39. The fraction of sp³-hybridized carbons (Fsp3) is 0.909. The largest absolute Gasteiger partial charge is 0.465 e.